The maximum Gasteiger partial charge on any atom is 0.348 e. The lowest BCUT2D eigenvalue weighted by molar-refractivity contribution is -0.119. The summed E-state index contributed by atoms with van der Waals surface area (Å²) in [7, 11) is 0. The summed E-state index contributed by atoms with van der Waals surface area (Å²) in [5, 5.41) is 6.04. The predicted molar refractivity (Wildman–Crippen MR) is 109 cm³/mol. The Morgan fingerprint density at radius 1 is 1.21 bits per heavy atom. The van der Waals surface area contributed by atoms with Crippen LogP contribution < -0.4 is 10.6 Å². The van der Waals surface area contributed by atoms with Gasteiger partial charge in [-0.1, -0.05) is 23.2 Å². The molecule has 0 aliphatic carbocycles. The van der Waals surface area contributed by atoms with Gasteiger partial charge in [0.25, 0.3) is 11.8 Å². The number of hydrogen-bond donors (Lipinski definition) is 2. The van der Waals surface area contributed by atoms with Gasteiger partial charge in [0, 0.05) is 6.20 Å². The van der Waals surface area contributed by atoms with Crippen molar-refractivity contribution in [2.75, 3.05) is 17.2 Å². The molecule has 0 unspecified atom stereocenters. The highest BCUT2D eigenvalue weighted by atomic mass is 35.5. The highest BCUT2D eigenvalue weighted by molar-refractivity contribution is 7.18. The lowest BCUT2D eigenvalue weighted by Gasteiger charge is -2.09. The summed E-state index contributed by atoms with van der Waals surface area (Å²) < 4.78 is 9.97. The normalized spacial score (nSPS) is 10.4. The van der Waals surface area contributed by atoms with Gasteiger partial charge in [-0.25, -0.2) is 9.78 Å². The van der Waals surface area contributed by atoms with Crippen LogP contribution in [0.1, 0.15) is 25.8 Å². The molecule has 0 aliphatic rings. The third-order valence-electron chi connectivity index (χ3n) is 3.58. The van der Waals surface area contributed by atoms with Crippen molar-refractivity contribution in [2.45, 2.75) is 6.92 Å². The van der Waals surface area contributed by atoms with Gasteiger partial charge in [-0.3, -0.25) is 9.59 Å². The Balaban J connectivity index is 1.53. The summed E-state index contributed by atoms with van der Waals surface area (Å²) in [4.78, 5) is 40.2. The monoisotopic (exact) mass is 453 g/mol. The molecule has 0 aliphatic heterocycles. The number of rotatable bonds is 6. The molecule has 3 aromatic heterocycles. The van der Waals surface area contributed by atoms with Crippen molar-refractivity contribution in [3.63, 3.8) is 0 Å². The second-order valence-electron chi connectivity index (χ2n) is 5.61. The molecular weight excluding hydrogens is 441 g/mol. The highest BCUT2D eigenvalue weighted by Gasteiger charge is 2.17. The van der Waals surface area contributed by atoms with Gasteiger partial charge in [-0.2, -0.15) is 0 Å². The van der Waals surface area contributed by atoms with E-state index in [1.807, 2.05) is 0 Å². The Labute approximate surface area is 178 Å². The number of nitrogens with zero attached hydrogens (tertiary/aromatic N) is 1. The van der Waals surface area contributed by atoms with Crippen LogP contribution in [0, 0.1) is 6.92 Å². The molecular formula is C18H13Cl2N3O5S. The first-order valence-corrected chi connectivity index (χ1v) is 9.64. The number of esters is 1. The van der Waals surface area contributed by atoms with Gasteiger partial charge in [-0.15, -0.1) is 11.3 Å². The lowest BCUT2D eigenvalue weighted by atomic mass is 10.3. The fourth-order valence-corrected chi connectivity index (χ4v) is 3.30. The summed E-state index contributed by atoms with van der Waals surface area (Å²) >= 11 is 13.0. The predicted octanol–water partition coefficient (Wildman–Crippen LogP) is 4.40. The highest BCUT2D eigenvalue weighted by Crippen LogP contribution is 2.28. The number of ether oxygens (including phenoxy) is 1. The van der Waals surface area contributed by atoms with Gasteiger partial charge < -0.3 is 19.8 Å². The van der Waals surface area contributed by atoms with Crippen LogP contribution in [0.15, 0.2) is 41.1 Å². The largest absolute Gasteiger partial charge is 0.459 e. The second kappa shape index (κ2) is 9.08. The Bertz CT molecular complexity index is 1070. The van der Waals surface area contributed by atoms with Crippen molar-refractivity contribution >= 4 is 63.1 Å². The number of pyridine rings is 1. The quantitative estimate of drug-likeness (QED) is 0.535. The van der Waals surface area contributed by atoms with Crippen LogP contribution in [0.3, 0.4) is 0 Å². The molecule has 0 aromatic carbocycles. The van der Waals surface area contributed by atoms with Crippen LogP contribution >= 0.6 is 34.5 Å². The zero-order valence-electron chi connectivity index (χ0n) is 14.8. The van der Waals surface area contributed by atoms with Gasteiger partial charge in [0.1, 0.15) is 4.88 Å². The topological polar surface area (TPSA) is 111 Å². The number of thiophene rings is 1. The average molecular weight is 454 g/mol. The van der Waals surface area contributed by atoms with E-state index < -0.39 is 24.4 Å². The van der Waals surface area contributed by atoms with Crippen molar-refractivity contribution in [2.24, 2.45) is 0 Å². The third-order valence-corrected chi connectivity index (χ3v) is 5.41. The molecule has 3 aromatic rings. The Morgan fingerprint density at radius 3 is 2.72 bits per heavy atom. The van der Waals surface area contributed by atoms with Gasteiger partial charge in [-0.05, 0) is 36.8 Å². The SMILES string of the molecule is Cc1c(Cl)cnc(NC(=O)COC(=O)c2ccc(NC(=O)c3ccco3)s2)c1Cl. The van der Waals surface area contributed by atoms with E-state index in [9.17, 15) is 14.4 Å². The van der Waals surface area contributed by atoms with Crippen molar-refractivity contribution < 1.29 is 23.5 Å². The zero-order valence-corrected chi connectivity index (χ0v) is 17.2. The van der Waals surface area contributed by atoms with Gasteiger partial charge in [0.05, 0.1) is 21.3 Å². The number of carbonyl (C=O) groups is 3. The van der Waals surface area contributed by atoms with E-state index in [1.54, 1.807) is 19.1 Å². The van der Waals surface area contributed by atoms with Crippen LogP contribution in [-0.2, 0) is 9.53 Å². The van der Waals surface area contributed by atoms with E-state index in [1.165, 1.54) is 24.6 Å². The number of hydrogen-bond acceptors (Lipinski definition) is 7. The molecule has 0 bridgehead atoms. The number of amides is 2. The fraction of sp³-hybridized carbons (Fsp3) is 0.111. The van der Waals surface area contributed by atoms with E-state index in [-0.39, 0.29) is 21.5 Å². The Morgan fingerprint density at radius 2 is 2.00 bits per heavy atom. The maximum atomic E-state index is 12.1. The number of aromatic nitrogens is 1. The van der Waals surface area contributed by atoms with E-state index in [2.05, 4.69) is 15.6 Å². The van der Waals surface area contributed by atoms with Crippen molar-refractivity contribution in [3.05, 3.63) is 63.0 Å². The second-order valence-corrected chi connectivity index (χ2v) is 7.48. The average Bonchev–Trinajstić information content (AvgIpc) is 3.39. The van der Waals surface area contributed by atoms with Gasteiger partial charge >= 0.3 is 5.97 Å². The molecule has 2 amide bonds. The van der Waals surface area contributed by atoms with Gasteiger partial charge in [0.2, 0.25) is 0 Å². The summed E-state index contributed by atoms with van der Waals surface area (Å²) in [5.74, 6) is -1.51. The first-order valence-electron chi connectivity index (χ1n) is 8.07. The number of halogens is 2. The van der Waals surface area contributed by atoms with Gasteiger partial charge in [0.15, 0.2) is 18.2 Å². The number of anilines is 2. The van der Waals surface area contributed by atoms with E-state index in [0.717, 1.165) is 11.3 Å². The summed E-state index contributed by atoms with van der Waals surface area (Å²) in [6.07, 6.45) is 2.74. The zero-order chi connectivity index (χ0) is 21.0. The summed E-state index contributed by atoms with van der Waals surface area (Å²) in [6, 6.07) is 6.12. The molecule has 2 N–H and O–H groups in total. The smallest absolute Gasteiger partial charge is 0.348 e. The molecule has 0 saturated carbocycles. The number of furan rings is 1. The minimum Gasteiger partial charge on any atom is -0.459 e. The molecule has 0 fully saturated rings. The summed E-state index contributed by atoms with van der Waals surface area (Å²) in [5.41, 5.74) is 0.568. The molecule has 150 valence electrons. The van der Waals surface area contributed by atoms with Crippen LogP contribution in [0.2, 0.25) is 10.0 Å². The molecule has 29 heavy (non-hydrogen) atoms. The standard InChI is InChI=1S/C18H13Cl2N3O5S/c1-9-10(19)7-21-16(15(9)20)22-13(24)8-28-18(26)12-4-5-14(29-12)23-17(25)11-3-2-6-27-11/h2-7H,8H2,1H3,(H,23,25)(H,21,22,24). The minimum atomic E-state index is -0.713. The first-order chi connectivity index (χ1) is 13.8. The lowest BCUT2D eigenvalue weighted by Crippen LogP contribution is -2.21. The molecule has 3 heterocycles. The molecule has 0 radical (unpaired) electrons. The number of carbonyl (C=O) groups excluding carboxylic acids is 3. The first kappa shape index (κ1) is 20.8. The van der Waals surface area contributed by atoms with Crippen molar-refractivity contribution in [3.8, 4) is 0 Å². The van der Waals surface area contributed by atoms with Crippen LogP contribution in [-0.4, -0.2) is 29.4 Å². The van der Waals surface area contributed by atoms with Crippen molar-refractivity contribution in [1.82, 2.24) is 4.98 Å². The number of nitrogens with one attached hydrogen (secondary N) is 2. The van der Waals surface area contributed by atoms with E-state index in [0.29, 0.717) is 15.6 Å². The molecule has 11 heteroatoms. The maximum absolute atomic E-state index is 12.1. The fourth-order valence-electron chi connectivity index (χ4n) is 2.11. The van der Waals surface area contributed by atoms with E-state index >= 15 is 0 Å². The van der Waals surface area contributed by atoms with E-state index in [4.69, 9.17) is 32.4 Å². The Kier molecular flexibility index (Phi) is 6.53. The van der Waals surface area contributed by atoms with Crippen LogP contribution in [0.4, 0.5) is 10.8 Å². The molecule has 8 nitrogen and oxygen atoms in total. The third kappa shape index (κ3) is 5.14. The van der Waals surface area contributed by atoms with Crippen LogP contribution in [0.5, 0.6) is 0 Å². The molecule has 0 atom stereocenters. The summed E-state index contributed by atoms with van der Waals surface area (Å²) in [6.45, 7) is 1.14. The van der Waals surface area contributed by atoms with Crippen molar-refractivity contribution in [1.29, 1.82) is 0 Å². The molecule has 3 rings (SSSR count). The molecule has 0 saturated heterocycles. The molecule has 0 spiro atoms. The Hall–Kier alpha value is -2.88. The van der Waals surface area contributed by atoms with Crippen LogP contribution in [0.25, 0.3) is 0 Å². The minimum absolute atomic E-state index is 0.119.